The summed E-state index contributed by atoms with van der Waals surface area (Å²) in [6.07, 6.45) is 0. The van der Waals surface area contributed by atoms with Gasteiger partial charge in [-0.25, -0.2) is 4.79 Å². The summed E-state index contributed by atoms with van der Waals surface area (Å²) in [6, 6.07) is -0.810. The van der Waals surface area contributed by atoms with Crippen LogP contribution in [-0.2, 0) is 19.1 Å². The van der Waals surface area contributed by atoms with Crippen LogP contribution in [-0.4, -0.2) is 74.0 Å². The second kappa shape index (κ2) is 6.69. The molecule has 114 valence electrons. The molecule has 1 fully saturated rings. The van der Waals surface area contributed by atoms with E-state index in [4.69, 9.17) is 4.74 Å². The molecule has 1 aliphatic heterocycles. The monoisotopic (exact) mass is 285 g/mol. The molecule has 20 heavy (non-hydrogen) atoms. The van der Waals surface area contributed by atoms with Crippen molar-refractivity contribution in [2.24, 2.45) is 5.92 Å². The number of esters is 1. The molecule has 1 N–H and O–H groups in total. The minimum atomic E-state index is -0.643. The Bertz CT molecular complexity index is 393. The van der Waals surface area contributed by atoms with Crippen LogP contribution in [0.1, 0.15) is 13.8 Å². The number of carbonyl (C=O) groups excluding carboxylic acids is 3. The number of ether oxygens (including phenoxy) is 1. The number of rotatable bonds is 6. The second-order valence-electron chi connectivity index (χ2n) is 5.37. The Hall–Kier alpha value is -1.63. The van der Waals surface area contributed by atoms with Crippen LogP contribution in [0.25, 0.3) is 0 Å². The third-order valence-electron chi connectivity index (χ3n) is 3.34. The highest BCUT2D eigenvalue weighted by atomic mass is 16.5. The summed E-state index contributed by atoms with van der Waals surface area (Å²) in [5, 5.41) is 2.90. The first-order valence-corrected chi connectivity index (χ1v) is 6.61. The van der Waals surface area contributed by atoms with Crippen molar-refractivity contribution >= 4 is 17.8 Å². The van der Waals surface area contributed by atoms with Crippen molar-refractivity contribution in [2.75, 3.05) is 34.3 Å². The van der Waals surface area contributed by atoms with Crippen LogP contribution in [0, 0.1) is 5.92 Å². The second-order valence-corrected chi connectivity index (χ2v) is 5.37. The van der Waals surface area contributed by atoms with E-state index in [0.717, 1.165) is 0 Å². The van der Waals surface area contributed by atoms with Crippen molar-refractivity contribution in [3.05, 3.63) is 0 Å². The van der Waals surface area contributed by atoms with Crippen LogP contribution < -0.4 is 5.32 Å². The molecule has 1 rings (SSSR count). The lowest BCUT2D eigenvalue weighted by molar-refractivity contribution is -0.154. The molecule has 0 aliphatic carbocycles. The quantitative estimate of drug-likeness (QED) is 0.503. The first-order valence-electron chi connectivity index (χ1n) is 6.61. The molecule has 1 aliphatic rings. The fourth-order valence-electron chi connectivity index (χ4n) is 2.05. The zero-order chi connectivity index (χ0) is 15.4. The zero-order valence-electron chi connectivity index (χ0n) is 12.7. The molecule has 1 saturated heterocycles. The fourth-order valence-corrected chi connectivity index (χ4v) is 2.05. The lowest BCUT2D eigenvalue weighted by Crippen LogP contribution is -2.50. The van der Waals surface area contributed by atoms with E-state index >= 15 is 0 Å². The maximum atomic E-state index is 12.2. The van der Waals surface area contributed by atoms with E-state index in [-0.39, 0.29) is 30.3 Å². The van der Waals surface area contributed by atoms with Crippen LogP contribution in [0.15, 0.2) is 0 Å². The molecule has 0 bridgehead atoms. The molecule has 7 heteroatoms. The number of carbonyl (C=O) groups is 3. The van der Waals surface area contributed by atoms with Gasteiger partial charge in [-0.3, -0.25) is 9.59 Å². The van der Waals surface area contributed by atoms with Crippen molar-refractivity contribution in [1.29, 1.82) is 0 Å². The predicted octanol–water partition coefficient (Wildman–Crippen LogP) is -0.927. The van der Waals surface area contributed by atoms with Crippen LogP contribution >= 0.6 is 0 Å². The summed E-state index contributed by atoms with van der Waals surface area (Å²) < 4.78 is 4.72. The lowest BCUT2D eigenvalue weighted by Gasteiger charge is -2.30. The van der Waals surface area contributed by atoms with E-state index in [9.17, 15) is 14.4 Å². The highest BCUT2D eigenvalue weighted by Gasteiger charge is 2.34. The van der Waals surface area contributed by atoms with E-state index in [0.29, 0.717) is 6.54 Å². The van der Waals surface area contributed by atoms with Crippen LogP contribution in [0.5, 0.6) is 0 Å². The summed E-state index contributed by atoms with van der Waals surface area (Å²) in [7, 11) is 4.43. The summed E-state index contributed by atoms with van der Waals surface area (Å²) >= 11 is 0. The van der Waals surface area contributed by atoms with Crippen LogP contribution in [0.4, 0.5) is 0 Å². The summed E-state index contributed by atoms with van der Waals surface area (Å²) in [5.41, 5.74) is 0. The van der Waals surface area contributed by atoms with Crippen molar-refractivity contribution in [3.8, 4) is 0 Å². The topological polar surface area (TPSA) is 88.9 Å². The van der Waals surface area contributed by atoms with E-state index in [1.54, 1.807) is 14.1 Å². The molecular weight excluding hydrogens is 262 g/mol. The van der Waals surface area contributed by atoms with Gasteiger partial charge in [0.1, 0.15) is 6.04 Å². The number of nitrogens with zero attached hydrogens (tertiary/aromatic N) is 2. The van der Waals surface area contributed by atoms with E-state index in [1.807, 2.05) is 13.8 Å². The van der Waals surface area contributed by atoms with Gasteiger partial charge in [0.15, 0.2) is 0 Å². The number of methoxy groups -OCH3 is 1. The predicted molar refractivity (Wildman–Crippen MR) is 72.8 cm³/mol. The minimum absolute atomic E-state index is 0.0479. The number of likely N-dealkylation sites (N-methyl/N-ethyl adjacent to an activating group) is 2. The van der Waals surface area contributed by atoms with Gasteiger partial charge in [0.2, 0.25) is 11.8 Å². The molecule has 0 aromatic carbocycles. The standard InChI is InChI=1S/C13H23N3O4/c1-8(2)11(13(19)20-5)16(4)10(17)7-15(3)12(18)9-6-14-9/h8-9,11,14H,6-7H2,1-5H3/t9-,11+/m1/s1. The average Bonchev–Trinajstić information content (AvgIpc) is 3.21. The third kappa shape index (κ3) is 3.93. The third-order valence-corrected chi connectivity index (χ3v) is 3.34. The molecule has 0 unspecified atom stereocenters. The molecule has 2 atom stereocenters. The largest absolute Gasteiger partial charge is 0.467 e. The van der Waals surface area contributed by atoms with E-state index in [2.05, 4.69) is 5.32 Å². The Morgan fingerprint density at radius 1 is 1.30 bits per heavy atom. The lowest BCUT2D eigenvalue weighted by atomic mass is 10.0. The average molecular weight is 285 g/mol. The maximum absolute atomic E-state index is 12.2. The highest BCUT2D eigenvalue weighted by Crippen LogP contribution is 2.12. The molecule has 2 amide bonds. The molecule has 0 radical (unpaired) electrons. The number of amides is 2. The molecular formula is C13H23N3O4. The van der Waals surface area contributed by atoms with Gasteiger partial charge in [-0.05, 0) is 5.92 Å². The maximum Gasteiger partial charge on any atom is 0.328 e. The van der Waals surface area contributed by atoms with Crippen molar-refractivity contribution in [3.63, 3.8) is 0 Å². The SMILES string of the molecule is COC(=O)[C@H](C(C)C)N(C)C(=O)CN(C)C(=O)[C@H]1CN1. The minimum Gasteiger partial charge on any atom is -0.467 e. The van der Waals surface area contributed by atoms with Gasteiger partial charge >= 0.3 is 5.97 Å². The molecule has 0 spiro atoms. The van der Waals surface area contributed by atoms with Crippen molar-refractivity contribution < 1.29 is 19.1 Å². The summed E-state index contributed by atoms with van der Waals surface area (Å²) in [5.74, 6) is -0.910. The van der Waals surface area contributed by atoms with Gasteiger partial charge in [-0.2, -0.15) is 0 Å². The van der Waals surface area contributed by atoms with Crippen LogP contribution in [0.2, 0.25) is 0 Å². The first-order chi connectivity index (χ1) is 9.29. The Kier molecular flexibility index (Phi) is 5.50. The van der Waals surface area contributed by atoms with Gasteiger partial charge in [0.25, 0.3) is 0 Å². The molecule has 1 heterocycles. The molecule has 0 saturated carbocycles. The summed E-state index contributed by atoms with van der Waals surface area (Å²) in [6.45, 7) is 4.29. The van der Waals surface area contributed by atoms with Gasteiger partial charge in [0.05, 0.1) is 19.7 Å². The number of hydrogen-bond acceptors (Lipinski definition) is 5. The van der Waals surface area contributed by atoms with Gasteiger partial charge in [0, 0.05) is 20.6 Å². The van der Waals surface area contributed by atoms with Gasteiger partial charge in [-0.1, -0.05) is 13.8 Å². The normalized spacial score (nSPS) is 18.4. The number of nitrogens with one attached hydrogen (secondary N) is 1. The van der Waals surface area contributed by atoms with Gasteiger partial charge < -0.3 is 19.9 Å². The smallest absolute Gasteiger partial charge is 0.328 e. The fraction of sp³-hybridized carbons (Fsp3) is 0.769. The number of hydrogen-bond donors (Lipinski definition) is 1. The van der Waals surface area contributed by atoms with Crippen molar-refractivity contribution in [2.45, 2.75) is 25.9 Å². The molecule has 7 nitrogen and oxygen atoms in total. The van der Waals surface area contributed by atoms with E-state index in [1.165, 1.54) is 16.9 Å². The molecule has 0 aromatic heterocycles. The van der Waals surface area contributed by atoms with Crippen LogP contribution in [0.3, 0.4) is 0 Å². The Morgan fingerprint density at radius 2 is 1.85 bits per heavy atom. The molecule has 0 aromatic rings. The van der Waals surface area contributed by atoms with Crippen molar-refractivity contribution in [1.82, 2.24) is 15.1 Å². The highest BCUT2D eigenvalue weighted by molar-refractivity contribution is 5.90. The zero-order valence-corrected chi connectivity index (χ0v) is 12.7. The Labute approximate surface area is 119 Å². The first kappa shape index (κ1) is 16.4. The summed E-state index contributed by atoms with van der Waals surface area (Å²) in [4.78, 5) is 38.4. The van der Waals surface area contributed by atoms with Gasteiger partial charge in [-0.15, -0.1) is 0 Å². The van der Waals surface area contributed by atoms with E-state index < -0.39 is 12.0 Å². The Morgan fingerprint density at radius 3 is 2.25 bits per heavy atom. The Balaban J connectivity index is 2.63.